The maximum absolute atomic E-state index is 12.5. The predicted molar refractivity (Wildman–Crippen MR) is 112 cm³/mol. The van der Waals surface area contributed by atoms with Gasteiger partial charge >= 0.3 is 0 Å². The molecule has 0 radical (unpaired) electrons. The van der Waals surface area contributed by atoms with Gasteiger partial charge in [0.2, 0.25) is 17.6 Å². The number of likely N-dealkylation sites (tertiary alicyclic amines) is 1. The van der Waals surface area contributed by atoms with Crippen molar-refractivity contribution in [2.45, 2.75) is 32.2 Å². The van der Waals surface area contributed by atoms with Crippen molar-refractivity contribution in [1.29, 1.82) is 0 Å². The molecule has 0 N–H and O–H groups in total. The molecule has 3 aromatic rings. The summed E-state index contributed by atoms with van der Waals surface area (Å²) in [5.41, 5.74) is 1.96. The Balaban J connectivity index is 1.40. The van der Waals surface area contributed by atoms with E-state index in [-0.39, 0.29) is 11.8 Å². The second-order valence-corrected chi connectivity index (χ2v) is 8.05. The van der Waals surface area contributed by atoms with Gasteiger partial charge in [-0.2, -0.15) is 4.98 Å². The minimum absolute atomic E-state index is 0.0774. The largest absolute Gasteiger partial charge is 0.494 e. The number of aromatic nitrogens is 2. The van der Waals surface area contributed by atoms with Crippen LogP contribution >= 0.6 is 15.9 Å². The molecule has 0 bridgehead atoms. The van der Waals surface area contributed by atoms with Crippen molar-refractivity contribution < 1.29 is 14.1 Å². The van der Waals surface area contributed by atoms with Crippen LogP contribution < -0.4 is 4.74 Å². The number of amides is 1. The summed E-state index contributed by atoms with van der Waals surface area (Å²) in [6.45, 7) is 3.93. The third kappa shape index (κ3) is 4.67. The highest BCUT2D eigenvalue weighted by Gasteiger charge is 2.34. The number of nitrogens with zero attached hydrogens (tertiary/aromatic N) is 3. The molecule has 2 heterocycles. The van der Waals surface area contributed by atoms with E-state index < -0.39 is 0 Å². The molecule has 1 fully saturated rings. The van der Waals surface area contributed by atoms with Gasteiger partial charge in [-0.25, -0.2) is 0 Å². The lowest BCUT2D eigenvalue weighted by molar-refractivity contribution is -0.128. The predicted octanol–water partition coefficient (Wildman–Crippen LogP) is 4.80. The number of ether oxygens (including phenoxy) is 1. The first-order valence-corrected chi connectivity index (χ1v) is 10.5. The van der Waals surface area contributed by atoms with Crippen molar-refractivity contribution in [3.8, 4) is 17.1 Å². The van der Waals surface area contributed by atoms with Crippen LogP contribution in [0, 0.1) is 0 Å². The van der Waals surface area contributed by atoms with Gasteiger partial charge in [0, 0.05) is 29.5 Å². The molecular formula is C22H22BrN3O3. The molecule has 1 aliphatic rings. The van der Waals surface area contributed by atoms with Crippen LogP contribution in [0.2, 0.25) is 0 Å². The van der Waals surface area contributed by atoms with Gasteiger partial charge in [-0.3, -0.25) is 4.79 Å². The van der Waals surface area contributed by atoms with E-state index in [1.54, 1.807) is 0 Å². The molecule has 0 saturated carbocycles. The number of hydrogen-bond acceptors (Lipinski definition) is 5. The molecule has 1 unspecified atom stereocenters. The molecule has 6 nitrogen and oxygen atoms in total. The average Bonchev–Trinajstić information content (AvgIpc) is 3.35. The number of carbonyl (C=O) groups excluding carboxylic acids is 1. The number of carbonyl (C=O) groups is 1. The van der Waals surface area contributed by atoms with Crippen LogP contribution in [-0.2, 0) is 11.3 Å². The smallest absolute Gasteiger partial charge is 0.232 e. The Hall–Kier alpha value is -2.67. The second kappa shape index (κ2) is 8.78. The molecule has 0 aliphatic carbocycles. The highest BCUT2D eigenvalue weighted by Crippen LogP contribution is 2.30. The fraction of sp³-hybridized carbons (Fsp3) is 0.318. The summed E-state index contributed by atoms with van der Waals surface area (Å²) in [5, 5.41) is 4.08. The standard InChI is InChI=1S/C22H22BrN3O3/c1-2-11-28-19-9-3-15(4-10-19)13-26-14-17(12-20(26)27)22-24-21(25-29-22)16-5-7-18(23)8-6-16/h3-10,17H,2,11-14H2,1H3. The minimum Gasteiger partial charge on any atom is -0.494 e. The fourth-order valence-corrected chi connectivity index (χ4v) is 3.60. The van der Waals surface area contributed by atoms with E-state index >= 15 is 0 Å². The van der Waals surface area contributed by atoms with Gasteiger partial charge in [-0.15, -0.1) is 0 Å². The van der Waals surface area contributed by atoms with Gasteiger partial charge in [-0.05, 0) is 48.4 Å². The van der Waals surface area contributed by atoms with Crippen molar-refractivity contribution in [2.24, 2.45) is 0 Å². The van der Waals surface area contributed by atoms with E-state index in [0.717, 1.165) is 27.8 Å². The van der Waals surface area contributed by atoms with Crippen LogP contribution in [0.4, 0.5) is 0 Å². The molecule has 4 rings (SSSR count). The first-order valence-electron chi connectivity index (χ1n) is 9.71. The first kappa shape index (κ1) is 19.6. The first-order chi connectivity index (χ1) is 14.1. The SMILES string of the molecule is CCCOc1ccc(CN2CC(c3nc(-c4ccc(Br)cc4)no3)CC2=O)cc1. The van der Waals surface area contributed by atoms with Crippen molar-refractivity contribution in [3.05, 3.63) is 64.5 Å². The maximum atomic E-state index is 12.5. The highest BCUT2D eigenvalue weighted by atomic mass is 79.9. The van der Waals surface area contributed by atoms with E-state index in [0.29, 0.717) is 37.8 Å². The molecule has 2 aromatic carbocycles. The summed E-state index contributed by atoms with van der Waals surface area (Å²) >= 11 is 3.42. The van der Waals surface area contributed by atoms with E-state index in [4.69, 9.17) is 9.26 Å². The van der Waals surface area contributed by atoms with Crippen molar-refractivity contribution >= 4 is 21.8 Å². The summed E-state index contributed by atoms with van der Waals surface area (Å²) < 4.78 is 12.1. The van der Waals surface area contributed by atoms with E-state index in [2.05, 4.69) is 33.0 Å². The molecule has 1 aromatic heterocycles. The molecule has 1 atom stereocenters. The van der Waals surface area contributed by atoms with Crippen LogP contribution in [-0.4, -0.2) is 34.1 Å². The Bertz CT molecular complexity index is 970. The highest BCUT2D eigenvalue weighted by molar-refractivity contribution is 9.10. The molecule has 150 valence electrons. The summed E-state index contributed by atoms with van der Waals surface area (Å²) in [5.74, 6) is 1.94. The number of halogens is 1. The van der Waals surface area contributed by atoms with Crippen LogP contribution in [0.25, 0.3) is 11.4 Å². The fourth-order valence-electron chi connectivity index (χ4n) is 3.34. The molecule has 0 spiro atoms. The van der Waals surface area contributed by atoms with Crippen molar-refractivity contribution in [1.82, 2.24) is 15.0 Å². The maximum Gasteiger partial charge on any atom is 0.232 e. The zero-order valence-electron chi connectivity index (χ0n) is 16.2. The third-order valence-electron chi connectivity index (χ3n) is 4.88. The molecule has 1 amide bonds. The topological polar surface area (TPSA) is 68.5 Å². The van der Waals surface area contributed by atoms with E-state index in [1.165, 1.54) is 0 Å². The Morgan fingerprint density at radius 3 is 2.66 bits per heavy atom. The van der Waals surface area contributed by atoms with Crippen LogP contribution in [0.5, 0.6) is 5.75 Å². The van der Waals surface area contributed by atoms with Gasteiger partial charge in [0.25, 0.3) is 0 Å². The summed E-state index contributed by atoms with van der Waals surface area (Å²) in [4.78, 5) is 18.9. The van der Waals surface area contributed by atoms with Gasteiger partial charge in [0.15, 0.2) is 0 Å². The van der Waals surface area contributed by atoms with Gasteiger partial charge < -0.3 is 14.2 Å². The summed E-state index contributed by atoms with van der Waals surface area (Å²) in [7, 11) is 0. The zero-order valence-corrected chi connectivity index (χ0v) is 17.8. The summed E-state index contributed by atoms with van der Waals surface area (Å²) in [6.07, 6.45) is 1.37. The Morgan fingerprint density at radius 1 is 1.17 bits per heavy atom. The normalized spacial score (nSPS) is 16.4. The lowest BCUT2D eigenvalue weighted by atomic mass is 10.1. The Labute approximate surface area is 178 Å². The van der Waals surface area contributed by atoms with E-state index in [9.17, 15) is 4.79 Å². The molecule has 1 aliphatic heterocycles. The van der Waals surface area contributed by atoms with Crippen molar-refractivity contribution in [2.75, 3.05) is 13.2 Å². The van der Waals surface area contributed by atoms with Gasteiger partial charge in [-0.1, -0.05) is 40.1 Å². The molecule has 1 saturated heterocycles. The van der Waals surface area contributed by atoms with Crippen molar-refractivity contribution in [3.63, 3.8) is 0 Å². The van der Waals surface area contributed by atoms with Crippen LogP contribution in [0.1, 0.15) is 37.1 Å². The number of rotatable bonds is 7. The second-order valence-electron chi connectivity index (χ2n) is 7.13. The Morgan fingerprint density at radius 2 is 1.93 bits per heavy atom. The number of hydrogen-bond donors (Lipinski definition) is 0. The van der Waals surface area contributed by atoms with E-state index in [1.807, 2.05) is 53.4 Å². The third-order valence-corrected chi connectivity index (χ3v) is 5.41. The molecule has 29 heavy (non-hydrogen) atoms. The minimum atomic E-state index is -0.0774. The Kier molecular flexibility index (Phi) is 5.94. The lowest BCUT2D eigenvalue weighted by Gasteiger charge is -2.16. The van der Waals surface area contributed by atoms with Gasteiger partial charge in [0.05, 0.1) is 12.5 Å². The van der Waals surface area contributed by atoms with Gasteiger partial charge in [0.1, 0.15) is 5.75 Å². The zero-order chi connectivity index (χ0) is 20.2. The molecule has 7 heteroatoms. The quantitative estimate of drug-likeness (QED) is 0.511. The number of benzene rings is 2. The van der Waals surface area contributed by atoms with Crippen LogP contribution in [0.15, 0.2) is 57.5 Å². The molecular weight excluding hydrogens is 434 g/mol. The average molecular weight is 456 g/mol. The van der Waals surface area contributed by atoms with Crippen LogP contribution in [0.3, 0.4) is 0 Å². The summed E-state index contributed by atoms with van der Waals surface area (Å²) in [6, 6.07) is 15.6. The lowest BCUT2D eigenvalue weighted by Crippen LogP contribution is -2.24. The monoisotopic (exact) mass is 455 g/mol.